The van der Waals surface area contributed by atoms with Crippen LogP contribution in [0.3, 0.4) is 0 Å². The van der Waals surface area contributed by atoms with E-state index >= 15 is 0 Å². The first kappa shape index (κ1) is 12.3. The maximum absolute atomic E-state index is 13.5. The molecule has 0 amide bonds. The SMILES string of the molecule is O=C(CBr)c1cc2ccccc2c2cc(F)ccc12. The smallest absolute Gasteiger partial charge is 0.174 e. The van der Waals surface area contributed by atoms with E-state index in [9.17, 15) is 9.18 Å². The summed E-state index contributed by atoms with van der Waals surface area (Å²) in [6.45, 7) is 0. The highest BCUT2D eigenvalue weighted by Gasteiger charge is 2.12. The van der Waals surface area contributed by atoms with Crippen LogP contribution in [0, 0.1) is 5.82 Å². The number of carbonyl (C=O) groups excluding carboxylic acids is 1. The minimum absolute atomic E-state index is 0.00219. The largest absolute Gasteiger partial charge is 0.293 e. The van der Waals surface area contributed by atoms with Crippen molar-refractivity contribution in [2.24, 2.45) is 0 Å². The van der Waals surface area contributed by atoms with E-state index in [0.717, 1.165) is 21.5 Å². The van der Waals surface area contributed by atoms with Crippen molar-refractivity contribution in [2.75, 3.05) is 5.33 Å². The van der Waals surface area contributed by atoms with E-state index in [1.165, 1.54) is 12.1 Å². The van der Waals surface area contributed by atoms with E-state index in [-0.39, 0.29) is 16.9 Å². The van der Waals surface area contributed by atoms with Crippen LogP contribution in [-0.4, -0.2) is 11.1 Å². The third-order valence-electron chi connectivity index (χ3n) is 3.24. The molecule has 0 saturated carbocycles. The predicted molar refractivity (Wildman–Crippen MR) is 79.5 cm³/mol. The van der Waals surface area contributed by atoms with Gasteiger partial charge in [0, 0.05) is 5.56 Å². The van der Waals surface area contributed by atoms with Crippen LogP contribution in [0.4, 0.5) is 4.39 Å². The number of hydrogen-bond acceptors (Lipinski definition) is 1. The summed E-state index contributed by atoms with van der Waals surface area (Å²) in [6, 6.07) is 14.1. The number of hydrogen-bond donors (Lipinski definition) is 0. The summed E-state index contributed by atoms with van der Waals surface area (Å²) in [6.07, 6.45) is 0. The first-order valence-corrected chi connectivity index (χ1v) is 7.03. The quantitative estimate of drug-likeness (QED) is 0.380. The van der Waals surface area contributed by atoms with Gasteiger partial charge < -0.3 is 0 Å². The van der Waals surface area contributed by atoms with E-state index in [0.29, 0.717) is 5.56 Å². The molecule has 3 rings (SSSR count). The fraction of sp³-hybridized carbons (Fsp3) is 0.0625. The van der Waals surface area contributed by atoms with Crippen molar-refractivity contribution in [2.45, 2.75) is 0 Å². The molecule has 0 spiro atoms. The zero-order valence-electron chi connectivity index (χ0n) is 9.99. The Bertz CT molecular complexity index is 795. The van der Waals surface area contributed by atoms with E-state index in [1.807, 2.05) is 30.3 Å². The van der Waals surface area contributed by atoms with E-state index in [1.54, 1.807) is 6.07 Å². The molecule has 0 heterocycles. The molecule has 3 heteroatoms. The van der Waals surface area contributed by atoms with Gasteiger partial charge in [-0.25, -0.2) is 4.39 Å². The number of halogens is 2. The Labute approximate surface area is 118 Å². The first-order valence-electron chi connectivity index (χ1n) is 5.91. The maximum atomic E-state index is 13.5. The lowest BCUT2D eigenvalue weighted by molar-refractivity contribution is 0.102. The highest BCUT2D eigenvalue weighted by molar-refractivity contribution is 9.09. The number of rotatable bonds is 2. The van der Waals surface area contributed by atoms with Gasteiger partial charge in [-0.2, -0.15) is 0 Å². The zero-order chi connectivity index (χ0) is 13.4. The van der Waals surface area contributed by atoms with Gasteiger partial charge in [-0.15, -0.1) is 0 Å². The van der Waals surface area contributed by atoms with Crippen LogP contribution < -0.4 is 0 Å². The summed E-state index contributed by atoms with van der Waals surface area (Å²) in [5.74, 6) is -0.288. The highest BCUT2D eigenvalue weighted by Crippen LogP contribution is 2.29. The molecule has 19 heavy (non-hydrogen) atoms. The Morgan fingerprint density at radius 1 is 1.00 bits per heavy atom. The Morgan fingerprint density at radius 3 is 2.58 bits per heavy atom. The fourth-order valence-electron chi connectivity index (χ4n) is 2.38. The molecule has 94 valence electrons. The summed E-state index contributed by atoms with van der Waals surface area (Å²) < 4.78 is 13.5. The van der Waals surface area contributed by atoms with Crippen molar-refractivity contribution >= 4 is 43.3 Å². The summed E-state index contributed by atoms with van der Waals surface area (Å²) in [7, 11) is 0. The van der Waals surface area contributed by atoms with Gasteiger partial charge in [0.05, 0.1) is 5.33 Å². The van der Waals surface area contributed by atoms with Gasteiger partial charge >= 0.3 is 0 Å². The first-order chi connectivity index (χ1) is 9.20. The van der Waals surface area contributed by atoms with Crippen LogP contribution in [0.1, 0.15) is 10.4 Å². The number of fused-ring (bicyclic) bond motifs is 3. The second-order valence-corrected chi connectivity index (χ2v) is 4.95. The molecule has 0 bridgehead atoms. The van der Waals surface area contributed by atoms with Gasteiger partial charge in [-0.3, -0.25) is 4.79 Å². The van der Waals surface area contributed by atoms with Crippen molar-refractivity contribution in [1.29, 1.82) is 0 Å². The molecule has 0 N–H and O–H groups in total. The third kappa shape index (κ3) is 2.04. The molecule has 0 unspecified atom stereocenters. The Hall–Kier alpha value is -1.74. The topological polar surface area (TPSA) is 17.1 Å². The van der Waals surface area contributed by atoms with Crippen molar-refractivity contribution in [1.82, 2.24) is 0 Å². The molecule has 0 aliphatic heterocycles. The normalized spacial score (nSPS) is 11.1. The number of alkyl halides is 1. The van der Waals surface area contributed by atoms with Crippen molar-refractivity contribution in [3.05, 3.63) is 59.9 Å². The van der Waals surface area contributed by atoms with Gasteiger partial charge in [0.15, 0.2) is 5.78 Å². The molecule has 0 radical (unpaired) electrons. The standard InChI is InChI=1S/C16H10BrFO/c17-9-16(19)15-7-10-3-1-2-4-12(10)14-8-11(18)5-6-13(14)15/h1-8H,9H2. The molecule has 0 aromatic heterocycles. The zero-order valence-corrected chi connectivity index (χ0v) is 11.6. The van der Waals surface area contributed by atoms with E-state index in [4.69, 9.17) is 0 Å². The second-order valence-electron chi connectivity index (χ2n) is 4.39. The summed E-state index contributed by atoms with van der Waals surface area (Å²) in [4.78, 5) is 12.0. The van der Waals surface area contributed by atoms with Crippen molar-refractivity contribution < 1.29 is 9.18 Å². The molecule has 3 aromatic rings. The van der Waals surface area contributed by atoms with E-state index in [2.05, 4.69) is 15.9 Å². The molecule has 3 aromatic carbocycles. The van der Waals surface area contributed by atoms with Crippen LogP contribution in [-0.2, 0) is 0 Å². The summed E-state index contributed by atoms with van der Waals surface area (Å²) in [5.41, 5.74) is 0.630. The highest BCUT2D eigenvalue weighted by atomic mass is 79.9. The van der Waals surface area contributed by atoms with Crippen LogP contribution in [0.25, 0.3) is 21.5 Å². The van der Waals surface area contributed by atoms with Gasteiger partial charge in [0.25, 0.3) is 0 Å². The lowest BCUT2D eigenvalue weighted by Gasteiger charge is -2.09. The minimum atomic E-state index is -0.291. The van der Waals surface area contributed by atoms with Crippen LogP contribution >= 0.6 is 15.9 Å². The molecular formula is C16H10BrFO. The molecule has 1 nitrogen and oxygen atoms in total. The van der Waals surface area contributed by atoms with Gasteiger partial charge in [-0.1, -0.05) is 46.3 Å². The van der Waals surface area contributed by atoms with Gasteiger partial charge in [0.2, 0.25) is 0 Å². The maximum Gasteiger partial charge on any atom is 0.174 e. The fourth-order valence-corrected chi connectivity index (χ4v) is 2.68. The Morgan fingerprint density at radius 2 is 1.79 bits per heavy atom. The average Bonchev–Trinajstić information content (AvgIpc) is 2.45. The van der Waals surface area contributed by atoms with Crippen LogP contribution in [0.2, 0.25) is 0 Å². The van der Waals surface area contributed by atoms with Crippen molar-refractivity contribution in [3.8, 4) is 0 Å². The lowest BCUT2D eigenvalue weighted by atomic mass is 9.95. The van der Waals surface area contributed by atoms with Crippen molar-refractivity contribution in [3.63, 3.8) is 0 Å². The number of carbonyl (C=O) groups is 1. The summed E-state index contributed by atoms with van der Waals surface area (Å²) in [5, 5.41) is 3.75. The molecular weight excluding hydrogens is 307 g/mol. The van der Waals surface area contributed by atoms with E-state index < -0.39 is 0 Å². The molecule has 0 aliphatic carbocycles. The minimum Gasteiger partial charge on any atom is -0.293 e. The molecule has 0 fully saturated rings. The average molecular weight is 317 g/mol. The Kier molecular flexibility index (Phi) is 3.07. The van der Waals surface area contributed by atoms with Crippen LogP contribution in [0.15, 0.2) is 48.5 Å². The van der Waals surface area contributed by atoms with Gasteiger partial charge in [-0.05, 0) is 39.7 Å². The third-order valence-corrected chi connectivity index (χ3v) is 3.75. The predicted octanol–water partition coefficient (Wildman–Crippen LogP) is 4.71. The van der Waals surface area contributed by atoms with Gasteiger partial charge in [0.1, 0.15) is 5.82 Å². The molecule has 0 aliphatic rings. The number of ketones is 1. The monoisotopic (exact) mass is 316 g/mol. The molecule has 0 atom stereocenters. The molecule has 0 saturated heterocycles. The second kappa shape index (κ2) is 4.74. The number of benzene rings is 3. The summed E-state index contributed by atoms with van der Waals surface area (Å²) >= 11 is 3.19. The number of Topliss-reactive ketones (excluding diaryl/α,β-unsaturated/α-hetero) is 1. The van der Waals surface area contributed by atoms with Crippen LogP contribution in [0.5, 0.6) is 0 Å². The lowest BCUT2D eigenvalue weighted by Crippen LogP contribution is -2.01. The Balaban J connectivity index is 2.51.